The fourth-order valence-corrected chi connectivity index (χ4v) is 3.42. The molecule has 0 saturated carbocycles. The van der Waals surface area contributed by atoms with Crippen molar-refractivity contribution >= 4 is 26.5 Å². The molecule has 106 valence electrons. The molecule has 9 heteroatoms. The fourth-order valence-electron chi connectivity index (χ4n) is 1.38. The molecule has 0 atom stereocenters. The van der Waals surface area contributed by atoms with E-state index in [0.717, 1.165) is 11.3 Å². The summed E-state index contributed by atoms with van der Waals surface area (Å²) in [5, 5.41) is 9.06. The molecule has 0 aromatic carbocycles. The van der Waals surface area contributed by atoms with Gasteiger partial charge in [0.2, 0.25) is 0 Å². The summed E-state index contributed by atoms with van der Waals surface area (Å²) >= 11 is 1.07. The second kappa shape index (κ2) is 6.33. The van der Waals surface area contributed by atoms with Gasteiger partial charge in [-0.2, -0.15) is 5.26 Å². The second-order valence-corrected chi connectivity index (χ2v) is 6.28. The standard InChI is InChI=1S/C12H9N5O2S2/c13-5-1-3-9-8-16-12(20-9)17-21(18,19)11-4-2-6-15-10(11)7-14/h2,4,6,8H,5,13H2,(H,16,17). The van der Waals surface area contributed by atoms with Gasteiger partial charge in [0.25, 0.3) is 10.0 Å². The lowest BCUT2D eigenvalue weighted by molar-refractivity contribution is 0.600. The van der Waals surface area contributed by atoms with E-state index in [1.54, 1.807) is 6.07 Å². The monoisotopic (exact) mass is 319 g/mol. The highest BCUT2D eigenvalue weighted by atomic mass is 32.2. The molecule has 0 aliphatic heterocycles. The topological polar surface area (TPSA) is 122 Å². The number of aromatic nitrogens is 2. The van der Waals surface area contributed by atoms with E-state index in [1.807, 2.05) is 0 Å². The van der Waals surface area contributed by atoms with Crippen LogP contribution in [0.4, 0.5) is 5.13 Å². The Labute approximate surface area is 125 Å². The van der Waals surface area contributed by atoms with Crippen molar-refractivity contribution in [2.75, 3.05) is 11.3 Å². The quantitative estimate of drug-likeness (QED) is 0.795. The summed E-state index contributed by atoms with van der Waals surface area (Å²) in [5.74, 6) is 5.40. The van der Waals surface area contributed by atoms with Gasteiger partial charge < -0.3 is 5.73 Å². The molecule has 0 bridgehead atoms. The zero-order valence-electron chi connectivity index (χ0n) is 10.6. The van der Waals surface area contributed by atoms with Crippen molar-refractivity contribution in [2.24, 2.45) is 5.73 Å². The molecular formula is C12H9N5O2S2. The lowest BCUT2D eigenvalue weighted by Gasteiger charge is -2.05. The van der Waals surface area contributed by atoms with Crippen LogP contribution in [-0.2, 0) is 10.0 Å². The Balaban J connectivity index is 2.30. The average Bonchev–Trinajstić information content (AvgIpc) is 2.91. The minimum Gasteiger partial charge on any atom is -0.320 e. The molecule has 0 unspecified atom stereocenters. The Hall–Kier alpha value is -2.46. The van der Waals surface area contributed by atoms with Crippen LogP contribution in [0, 0.1) is 23.2 Å². The SMILES string of the molecule is N#Cc1ncccc1S(=O)(=O)Nc1ncc(C#CCN)s1. The van der Waals surface area contributed by atoms with Crippen LogP contribution in [0.3, 0.4) is 0 Å². The Morgan fingerprint density at radius 3 is 2.95 bits per heavy atom. The summed E-state index contributed by atoms with van der Waals surface area (Å²) in [6.45, 7) is 0.209. The van der Waals surface area contributed by atoms with E-state index in [2.05, 4.69) is 26.5 Å². The Kier molecular flexibility index (Phi) is 4.50. The average molecular weight is 319 g/mol. The Bertz CT molecular complexity index is 856. The molecule has 0 fully saturated rings. The predicted molar refractivity (Wildman–Crippen MR) is 77.8 cm³/mol. The lowest BCUT2D eigenvalue weighted by Crippen LogP contribution is -2.14. The van der Waals surface area contributed by atoms with Crippen LogP contribution in [0.25, 0.3) is 0 Å². The summed E-state index contributed by atoms with van der Waals surface area (Å²) in [6, 6.07) is 4.48. The third kappa shape index (κ3) is 3.55. The molecule has 0 spiro atoms. The van der Waals surface area contributed by atoms with Gasteiger partial charge in [0, 0.05) is 6.20 Å². The Morgan fingerprint density at radius 1 is 1.43 bits per heavy atom. The van der Waals surface area contributed by atoms with Gasteiger partial charge in [-0.25, -0.2) is 18.4 Å². The largest absolute Gasteiger partial charge is 0.320 e. The lowest BCUT2D eigenvalue weighted by atomic mass is 10.4. The van der Waals surface area contributed by atoms with Crippen molar-refractivity contribution in [3.63, 3.8) is 0 Å². The van der Waals surface area contributed by atoms with Gasteiger partial charge >= 0.3 is 0 Å². The molecule has 21 heavy (non-hydrogen) atoms. The third-order valence-electron chi connectivity index (χ3n) is 2.21. The minimum absolute atomic E-state index is 0.157. The molecule has 2 aromatic heterocycles. The van der Waals surface area contributed by atoms with E-state index in [-0.39, 0.29) is 22.3 Å². The molecule has 0 aliphatic carbocycles. The Morgan fingerprint density at radius 2 is 2.24 bits per heavy atom. The molecule has 2 heterocycles. The predicted octanol–water partition coefficient (Wildman–Crippen LogP) is 0.521. The number of rotatable bonds is 3. The first-order chi connectivity index (χ1) is 10.1. The number of nitrogens with two attached hydrogens (primary N) is 1. The van der Waals surface area contributed by atoms with E-state index in [9.17, 15) is 8.42 Å². The maximum Gasteiger partial charge on any atom is 0.266 e. The molecular weight excluding hydrogens is 310 g/mol. The molecule has 2 aromatic rings. The van der Waals surface area contributed by atoms with Crippen LogP contribution >= 0.6 is 11.3 Å². The molecule has 0 aliphatic rings. The van der Waals surface area contributed by atoms with Gasteiger partial charge in [-0.1, -0.05) is 23.2 Å². The van der Waals surface area contributed by atoms with Crippen LogP contribution in [0.1, 0.15) is 10.6 Å². The van der Waals surface area contributed by atoms with Gasteiger partial charge in [0.05, 0.1) is 17.6 Å². The second-order valence-electron chi connectivity index (χ2n) is 3.60. The molecule has 0 radical (unpaired) electrons. The highest BCUT2D eigenvalue weighted by molar-refractivity contribution is 7.93. The van der Waals surface area contributed by atoms with Crippen molar-refractivity contribution in [2.45, 2.75) is 4.90 Å². The highest BCUT2D eigenvalue weighted by Gasteiger charge is 2.20. The van der Waals surface area contributed by atoms with Crippen LogP contribution in [0.2, 0.25) is 0 Å². The van der Waals surface area contributed by atoms with Crippen LogP contribution in [0.5, 0.6) is 0 Å². The van der Waals surface area contributed by atoms with Gasteiger partial charge in [-0.05, 0) is 12.1 Å². The summed E-state index contributed by atoms with van der Waals surface area (Å²) < 4.78 is 26.7. The van der Waals surface area contributed by atoms with Gasteiger partial charge in [-0.15, -0.1) is 0 Å². The molecule has 7 nitrogen and oxygen atoms in total. The fraction of sp³-hybridized carbons (Fsp3) is 0.0833. The van der Waals surface area contributed by atoms with Gasteiger partial charge in [-0.3, -0.25) is 4.72 Å². The zero-order valence-corrected chi connectivity index (χ0v) is 12.2. The first-order valence-corrected chi connectivity index (χ1v) is 7.89. The first kappa shape index (κ1) is 14.9. The van der Waals surface area contributed by atoms with Gasteiger partial charge in [0.1, 0.15) is 11.0 Å². The van der Waals surface area contributed by atoms with Crippen molar-refractivity contribution in [1.82, 2.24) is 9.97 Å². The van der Waals surface area contributed by atoms with Crippen LogP contribution in [-0.4, -0.2) is 24.9 Å². The number of anilines is 1. The van der Waals surface area contributed by atoms with Crippen molar-refractivity contribution in [3.05, 3.63) is 35.1 Å². The highest BCUT2D eigenvalue weighted by Crippen LogP contribution is 2.22. The third-order valence-corrected chi connectivity index (χ3v) is 4.54. The van der Waals surface area contributed by atoms with Crippen molar-refractivity contribution < 1.29 is 8.42 Å². The number of thiazole rings is 1. The number of pyridine rings is 1. The van der Waals surface area contributed by atoms with Crippen molar-refractivity contribution in [1.29, 1.82) is 5.26 Å². The number of nitriles is 1. The summed E-state index contributed by atoms with van der Waals surface area (Å²) in [7, 11) is -3.92. The normalized spacial score (nSPS) is 10.3. The summed E-state index contributed by atoms with van der Waals surface area (Å²) in [5.41, 5.74) is 5.08. The number of sulfonamides is 1. The van der Waals surface area contributed by atoms with E-state index in [0.29, 0.717) is 4.88 Å². The van der Waals surface area contributed by atoms with E-state index < -0.39 is 10.0 Å². The van der Waals surface area contributed by atoms with E-state index >= 15 is 0 Å². The number of nitrogens with one attached hydrogen (secondary N) is 1. The minimum atomic E-state index is -3.92. The maximum absolute atomic E-state index is 12.2. The zero-order chi connectivity index (χ0) is 15.3. The smallest absolute Gasteiger partial charge is 0.266 e. The van der Waals surface area contributed by atoms with Gasteiger partial charge in [0.15, 0.2) is 10.8 Å². The van der Waals surface area contributed by atoms with Crippen LogP contribution < -0.4 is 10.5 Å². The van der Waals surface area contributed by atoms with Crippen molar-refractivity contribution in [3.8, 4) is 17.9 Å². The maximum atomic E-state index is 12.2. The summed E-state index contributed by atoms with van der Waals surface area (Å²) in [6.07, 6.45) is 2.79. The first-order valence-electron chi connectivity index (χ1n) is 5.59. The summed E-state index contributed by atoms with van der Waals surface area (Å²) in [4.78, 5) is 8.03. The molecule has 2 rings (SSSR count). The molecule has 0 saturated heterocycles. The number of hydrogen-bond donors (Lipinski definition) is 2. The van der Waals surface area contributed by atoms with Crippen LogP contribution in [0.15, 0.2) is 29.4 Å². The number of hydrogen-bond acceptors (Lipinski definition) is 7. The van der Waals surface area contributed by atoms with E-state index in [4.69, 9.17) is 11.0 Å². The molecule has 0 amide bonds. The van der Waals surface area contributed by atoms with E-state index in [1.165, 1.54) is 24.5 Å². The molecule has 3 N–H and O–H groups in total. The number of nitrogens with zero attached hydrogens (tertiary/aromatic N) is 3.